The molecule has 0 aliphatic carbocycles. The molecule has 5 nitrogen and oxygen atoms in total. The molecule has 0 radical (unpaired) electrons. The molecule has 1 heterocycles. The van der Waals surface area contributed by atoms with Crippen molar-refractivity contribution in [1.29, 1.82) is 0 Å². The Labute approximate surface area is 183 Å². The fourth-order valence-corrected chi connectivity index (χ4v) is 4.02. The van der Waals surface area contributed by atoms with Crippen LogP contribution in [0.3, 0.4) is 0 Å². The first-order valence-electron chi connectivity index (χ1n) is 9.58. The van der Waals surface area contributed by atoms with E-state index in [9.17, 15) is 4.39 Å². The molecule has 0 unspecified atom stereocenters. The third-order valence-corrected chi connectivity index (χ3v) is 5.66. The van der Waals surface area contributed by atoms with Crippen molar-refractivity contribution in [2.24, 2.45) is 0 Å². The van der Waals surface area contributed by atoms with Crippen LogP contribution >= 0.6 is 15.9 Å². The van der Waals surface area contributed by atoms with Crippen molar-refractivity contribution >= 4 is 15.9 Å². The highest BCUT2D eigenvalue weighted by atomic mass is 79.9. The quantitative estimate of drug-likeness (QED) is 0.397. The van der Waals surface area contributed by atoms with Crippen molar-refractivity contribution in [2.75, 3.05) is 7.05 Å². The first-order valence-corrected chi connectivity index (χ1v) is 10.4. The van der Waals surface area contributed by atoms with Gasteiger partial charge in [-0.2, -0.15) is 4.68 Å². The van der Waals surface area contributed by atoms with Gasteiger partial charge in [-0.25, -0.2) is 4.39 Å². The topological polar surface area (TPSA) is 46.8 Å². The smallest absolute Gasteiger partial charge is 0.178 e. The zero-order valence-electron chi connectivity index (χ0n) is 16.7. The maximum Gasteiger partial charge on any atom is 0.178 e. The Bertz CT molecular complexity index is 1150. The molecule has 4 rings (SSSR count). The van der Waals surface area contributed by atoms with Crippen LogP contribution in [0, 0.1) is 12.7 Å². The molecule has 7 heteroatoms. The van der Waals surface area contributed by atoms with Gasteiger partial charge in [-0.05, 0) is 75.2 Å². The Morgan fingerprint density at radius 3 is 2.50 bits per heavy atom. The molecule has 4 aromatic rings. The maximum atomic E-state index is 13.7. The number of tetrazole rings is 1. The van der Waals surface area contributed by atoms with Gasteiger partial charge in [0.15, 0.2) is 5.82 Å². The van der Waals surface area contributed by atoms with Gasteiger partial charge in [-0.15, -0.1) is 5.10 Å². The maximum absolute atomic E-state index is 13.7. The fourth-order valence-electron chi connectivity index (χ4n) is 3.59. The van der Waals surface area contributed by atoms with Crippen LogP contribution < -0.4 is 0 Å². The predicted octanol–water partition coefficient (Wildman–Crippen LogP) is 5.09. The van der Waals surface area contributed by atoms with E-state index in [0.29, 0.717) is 11.0 Å². The standard InChI is InChI=1S/C23H21BrFN5/c1-16-8-6-7-11-21(16)30-23(26-27-28-30)22(18-9-4-3-5-10-18)29(2)15-17-12-13-20(25)19(24)14-17/h3-14,22H,15H2,1-2H3/t22-/m1/s1. The highest BCUT2D eigenvalue weighted by Gasteiger charge is 2.26. The number of nitrogens with zero attached hydrogens (tertiary/aromatic N) is 5. The van der Waals surface area contributed by atoms with Gasteiger partial charge in [-0.3, -0.25) is 4.90 Å². The van der Waals surface area contributed by atoms with Crippen molar-refractivity contribution < 1.29 is 4.39 Å². The lowest BCUT2D eigenvalue weighted by Crippen LogP contribution is -2.28. The highest BCUT2D eigenvalue weighted by Crippen LogP contribution is 2.29. The van der Waals surface area contributed by atoms with Gasteiger partial charge in [0.05, 0.1) is 16.2 Å². The van der Waals surface area contributed by atoms with Crippen LogP contribution in [0.25, 0.3) is 5.69 Å². The minimum absolute atomic E-state index is 0.190. The summed E-state index contributed by atoms with van der Waals surface area (Å²) in [6.07, 6.45) is 0. The molecule has 1 aromatic heterocycles. The van der Waals surface area contributed by atoms with Crippen molar-refractivity contribution in [2.45, 2.75) is 19.5 Å². The summed E-state index contributed by atoms with van der Waals surface area (Å²) in [6.45, 7) is 2.64. The Morgan fingerprint density at radius 1 is 1.03 bits per heavy atom. The molecule has 3 aromatic carbocycles. The van der Waals surface area contributed by atoms with Gasteiger partial charge in [0, 0.05) is 6.54 Å². The third-order valence-electron chi connectivity index (χ3n) is 5.05. The molecular weight excluding hydrogens is 445 g/mol. The second-order valence-electron chi connectivity index (χ2n) is 7.21. The molecular formula is C23H21BrFN5. The van der Waals surface area contributed by atoms with Crippen LogP contribution in [0.5, 0.6) is 0 Å². The summed E-state index contributed by atoms with van der Waals surface area (Å²) >= 11 is 3.28. The van der Waals surface area contributed by atoms with E-state index >= 15 is 0 Å². The number of benzene rings is 3. The average Bonchev–Trinajstić information content (AvgIpc) is 3.21. The van der Waals surface area contributed by atoms with Crippen molar-refractivity contribution in [3.8, 4) is 5.69 Å². The largest absolute Gasteiger partial charge is 0.288 e. The highest BCUT2D eigenvalue weighted by molar-refractivity contribution is 9.10. The average molecular weight is 466 g/mol. The Hall–Kier alpha value is -2.90. The van der Waals surface area contributed by atoms with Gasteiger partial charge >= 0.3 is 0 Å². The summed E-state index contributed by atoms with van der Waals surface area (Å²) in [7, 11) is 2.02. The zero-order chi connectivity index (χ0) is 21.1. The van der Waals surface area contributed by atoms with Crippen LogP contribution in [-0.4, -0.2) is 32.2 Å². The molecule has 1 atom stereocenters. The number of aryl methyl sites for hydroxylation is 1. The van der Waals surface area contributed by atoms with Gasteiger partial charge in [0.2, 0.25) is 0 Å². The van der Waals surface area contributed by atoms with E-state index in [4.69, 9.17) is 0 Å². The van der Waals surface area contributed by atoms with E-state index in [-0.39, 0.29) is 11.9 Å². The molecule has 0 fully saturated rings. The lowest BCUT2D eigenvalue weighted by atomic mass is 10.0. The molecule has 0 saturated heterocycles. The number of rotatable bonds is 6. The molecule has 0 bridgehead atoms. The summed E-state index contributed by atoms with van der Waals surface area (Å²) in [5.41, 5.74) is 4.09. The van der Waals surface area contributed by atoms with Crippen molar-refractivity contribution in [3.63, 3.8) is 0 Å². The van der Waals surface area contributed by atoms with Crippen LogP contribution in [-0.2, 0) is 6.54 Å². The summed E-state index contributed by atoms with van der Waals surface area (Å²) < 4.78 is 15.9. The summed E-state index contributed by atoms with van der Waals surface area (Å²) in [5, 5.41) is 12.7. The number of para-hydroxylation sites is 1. The van der Waals surface area contributed by atoms with Crippen molar-refractivity contribution in [1.82, 2.24) is 25.1 Å². The van der Waals surface area contributed by atoms with Gasteiger partial charge in [-0.1, -0.05) is 54.6 Å². The van der Waals surface area contributed by atoms with Gasteiger partial charge in [0.1, 0.15) is 5.82 Å². The Kier molecular flexibility index (Phi) is 6.01. The molecule has 0 saturated carbocycles. The zero-order valence-corrected chi connectivity index (χ0v) is 18.3. The number of hydrogen-bond donors (Lipinski definition) is 0. The summed E-state index contributed by atoms with van der Waals surface area (Å²) in [6, 6.07) is 23.0. The summed E-state index contributed by atoms with van der Waals surface area (Å²) in [4.78, 5) is 2.16. The van der Waals surface area contributed by atoms with Crippen LogP contribution in [0.4, 0.5) is 4.39 Å². The van der Waals surface area contributed by atoms with E-state index in [0.717, 1.165) is 28.2 Å². The van der Waals surface area contributed by atoms with Gasteiger partial charge in [0.25, 0.3) is 0 Å². The van der Waals surface area contributed by atoms with E-state index in [2.05, 4.69) is 48.5 Å². The first-order chi connectivity index (χ1) is 14.5. The molecule has 30 heavy (non-hydrogen) atoms. The Morgan fingerprint density at radius 2 is 1.77 bits per heavy atom. The van der Waals surface area contributed by atoms with Gasteiger partial charge < -0.3 is 0 Å². The first kappa shape index (κ1) is 20.4. The molecule has 0 amide bonds. The lowest BCUT2D eigenvalue weighted by Gasteiger charge is -2.28. The number of hydrogen-bond acceptors (Lipinski definition) is 4. The summed E-state index contributed by atoms with van der Waals surface area (Å²) in [5.74, 6) is 0.448. The number of aromatic nitrogens is 4. The van der Waals surface area contributed by atoms with Crippen LogP contribution in [0.15, 0.2) is 77.3 Å². The minimum Gasteiger partial charge on any atom is -0.288 e. The van der Waals surface area contributed by atoms with E-state index in [1.54, 1.807) is 16.8 Å². The van der Waals surface area contributed by atoms with Crippen molar-refractivity contribution in [3.05, 3.63) is 106 Å². The molecule has 152 valence electrons. The van der Waals surface area contributed by atoms with E-state index in [1.165, 1.54) is 6.07 Å². The third kappa shape index (κ3) is 4.17. The number of halogens is 2. The molecule has 0 aliphatic heterocycles. The molecule has 0 spiro atoms. The lowest BCUT2D eigenvalue weighted by molar-refractivity contribution is 0.258. The second-order valence-corrected chi connectivity index (χ2v) is 8.07. The second kappa shape index (κ2) is 8.85. The predicted molar refractivity (Wildman–Crippen MR) is 118 cm³/mol. The minimum atomic E-state index is -0.274. The van der Waals surface area contributed by atoms with Crippen LogP contribution in [0.2, 0.25) is 0 Å². The molecule has 0 N–H and O–H groups in total. The fraction of sp³-hybridized carbons (Fsp3) is 0.174. The SMILES string of the molecule is Cc1ccccc1-n1nnnc1[C@@H](c1ccccc1)N(C)Cc1ccc(F)c(Br)c1. The molecule has 0 aliphatic rings. The normalized spacial score (nSPS) is 12.3. The van der Waals surface area contributed by atoms with E-state index < -0.39 is 0 Å². The monoisotopic (exact) mass is 465 g/mol. The van der Waals surface area contributed by atoms with Crippen LogP contribution in [0.1, 0.15) is 28.6 Å². The Balaban J connectivity index is 1.76. The van der Waals surface area contributed by atoms with E-state index in [1.807, 2.05) is 56.4 Å².